The van der Waals surface area contributed by atoms with Gasteiger partial charge in [0.2, 0.25) is 0 Å². The van der Waals surface area contributed by atoms with Crippen molar-refractivity contribution in [2.75, 3.05) is 0 Å². The number of pyridine rings is 1. The molecule has 4 rings (SSSR count). The van der Waals surface area contributed by atoms with Crippen LogP contribution in [0.4, 0.5) is 0 Å². The normalized spacial score (nSPS) is 12.1. The minimum Gasteiger partial charge on any atom is -0.364 e. The molecule has 7 nitrogen and oxygen atoms in total. The van der Waals surface area contributed by atoms with Crippen LogP contribution in [0.2, 0.25) is 0 Å². The summed E-state index contributed by atoms with van der Waals surface area (Å²) < 4.78 is 6.94. The molecule has 0 aromatic carbocycles. The summed E-state index contributed by atoms with van der Waals surface area (Å²) in [5, 5.41) is 12.6. The fourth-order valence-electron chi connectivity index (χ4n) is 2.74. The van der Waals surface area contributed by atoms with Crippen molar-refractivity contribution in [2.24, 2.45) is 0 Å². The molecule has 0 aliphatic heterocycles. The predicted molar refractivity (Wildman–Crippen MR) is 89.4 cm³/mol. The Bertz CT molecular complexity index is 988. The molecule has 0 amide bonds. The van der Waals surface area contributed by atoms with Gasteiger partial charge in [-0.05, 0) is 12.1 Å². The van der Waals surface area contributed by atoms with Crippen LogP contribution in [0.15, 0.2) is 41.5 Å². The Morgan fingerprint density at radius 2 is 2.17 bits per heavy atom. The second-order valence-corrected chi connectivity index (χ2v) is 6.87. The summed E-state index contributed by atoms with van der Waals surface area (Å²) in [7, 11) is 0. The van der Waals surface area contributed by atoms with E-state index in [1.165, 1.54) is 0 Å². The maximum absolute atomic E-state index is 5.15. The molecule has 0 aliphatic rings. The van der Waals surface area contributed by atoms with Crippen LogP contribution in [0.1, 0.15) is 32.0 Å². The summed E-state index contributed by atoms with van der Waals surface area (Å²) in [6.45, 7) is 6.90. The first-order chi connectivity index (χ1) is 11.5. The topological polar surface area (TPSA) is 85.4 Å². The van der Waals surface area contributed by atoms with Gasteiger partial charge in [-0.3, -0.25) is 4.98 Å². The van der Waals surface area contributed by atoms with E-state index in [1.807, 2.05) is 30.7 Å². The lowest BCUT2D eigenvalue weighted by Crippen LogP contribution is -2.15. The van der Waals surface area contributed by atoms with Crippen LogP contribution in [0.5, 0.6) is 0 Å². The molecule has 0 bridgehead atoms. The highest BCUT2D eigenvalue weighted by atomic mass is 16.5. The third kappa shape index (κ3) is 2.58. The largest absolute Gasteiger partial charge is 0.364 e. The molecule has 4 aromatic heterocycles. The van der Waals surface area contributed by atoms with Crippen LogP contribution in [0, 0.1) is 0 Å². The number of fused-ring (bicyclic) bond motifs is 1. The van der Waals surface area contributed by atoms with Crippen molar-refractivity contribution in [3.63, 3.8) is 0 Å². The van der Waals surface area contributed by atoms with Gasteiger partial charge in [0.05, 0.1) is 29.5 Å². The lowest BCUT2D eigenvalue weighted by Gasteiger charge is -2.16. The van der Waals surface area contributed by atoms with Gasteiger partial charge in [-0.2, -0.15) is 0 Å². The highest BCUT2D eigenvalue weighted by Gasteiger charge is 2.22. The molecule has 1 N–H and O–H groups in total. The van der Waals surface area contributed by atoms with E-state index in [4.69, 9.17) is 4.52 Å². The number of H-pyrrole nitrogens is 1. The van der Waals surface area contributed by atoms with Gasteiger partial charge in [-0.15, -0.1) is 5.10 Å². The molecule has 0 aliphatic carbocycles. The Hall–Kier alpha value is -2.96. The molecule has 7 heteroatoms. The SMILES string of the molecule is CC(C)(C)c1nocc1Cn1cc(-c2cnc3cc[nH]c3c2)nn1. The van der Waals surface area contributed by atoms with E-state index < -0.39 is 0 Å². The highest BCUT2D eigenvalue weighted by molar-refractivity contribution is 5.79. The van der Waals surface area contributed by atoms with Gasteiger partial charge < -0.3 is 9.51 Å². The first-order valence-corrected chi connectivity index (χ1v) is 7.78. The standard InChI is InChI=1S/C17H18N6O/c1-17(2,3)16-12(10-24-21-16)8-23-9-15(20-22-23)11-6-14-13(19-7-11)4-5-18-14/h4-7,9-10,18H,8H2,1-3H3. The van der Waals surface area contributed by atoms with E-state index in [2.05, 4.69) is 46.2 Å². The maximum atomic E-state index is 5.15. The molecular weight excluding hydrogens is 304 g/mol. The molecule has 0 fully saturated rings. The zero-order valence-electron chi connectivity index (χ0n) is 13.8. The van der Waals surface area contributed by atoms with Crippen LogP contribution < -0.4 is 0 Å². The molecule has 24 heavy (non-hydrogen) atoms. The molecule has 4 heterocycles. The Balaban J connectivity index is 1.62. The molecule has 0 atom stereocenters. The van der Waals surface area contributed by atoms with Crippen LogP contribution in [0.25, 0.3) is 22.3 Å². The lowest BCUT2D eigenvalue weighted by atomic mass is 9.89. The number of aromatic amines is 1. The highest BCUT2D eigenvalue weighted by Crippen LogP contribution is 2.25. The van der Waals surface area contributed by atoms with Crippen molar-refractivity contribution in [3.8, 4) is 11.3 Å². The van der Waals surface area contributed by atoms with Crippen molar-refractivity contribution < 1.29 is 4.52 Å². The van der Waals surface area contributed by atoms with Crippen molar-refractivity contribution in [1.29, 1.82) is 0 Å². The number of nitrogens with zero attached hydrogens (tertiary/aromatic N) is 5. The third-order valence-electron chi connectivity index (χ3n) is 3.92. The van der Waals surface area contributed by atoms with Gasteiger partial charge >= 0.3 is 0 Å². The average molecular weight is 322 g/mol. The molecule has 0 saturated heterocycles. The van der Waals surface area contributed by atoms with Crippen LogP contribution in [-0.2, 0) is 12.0 Å². The first-order valence-electron chi connectivity index (χ1n) is 7.78. The first kappa shape index (κ1) is 14.6. The monoisotopic (exact) mass is 322 g/mol. The van der Waals surface area contributed by atoms with Gasteiger partial charge in [0.25, 0.3) is 0 Å². The number of nitrogens with one attached hydrogen (secondary N) is 1. The van der Waals surface area contributed by atoms with Gasteiger partial charge in [0.15, 0.2) is 0 Å². The second-order valence-electron chi connectivity index (χ2n) is 6.87. The summed E-state index contributed by atoms with van der Waals surface area (Å²) in [6.07, 6.45) is 7.27. The van der Waals surface area contributed by atoms with Gasteiger partial charge in [0, 0.05) is 28.9 Å². The van der Waals surface area contributed by atoms with E-state index in [-0.39, 0.29) is 5.41 Å². The predicted octanol–water partition coefficient (Wildman–Crippen LogP) is 3.16. The van der Waals surface area contributed by atoms with Crippen molar-refractivity contribution >= 4 is 11.0 Å². The van der Waals surface area contributed by atoms with Gasteiger partial charge in [-0.25, -0.2) is 4.68 Å². The summed E-state index contributed by atoms with van der Waals surface area (Å²) in [4.78, 5) is 7.57. The minimum absolute atomic E-state index is 0.0751. The van der Waals surface area contributed by atoms with Crippen molar-refractivity contribution in [1.82, 2.24) is 30.1 Å². The maximum Gasteiger partial charge on any atom is 0.129 e. The number of aromatic nitrogens is 6. The quantitative estimate of drug-likeness (QED) is 0.626. The number of rotatable bonds is 3. The molecule has 122 valence electrons. The fourth-order valence-corrected chi connectivity index (χ4v) is 2.74. The van der Waals surface area contributed by atoms with Crippen molar-refractivity contribution in [3.05, 3.63) is 48.2 Å². The van der Waals surface area contributed by atoms with E-state index in [0.717, 1.165) is 33.5 Å². The average Bonchev–Trinajstić information content (AvgIpc) is 3.26. The zero-order valence-corrected chi connectivity index (χ0v) is 13.8. The Kier molecular flexibility index (Phi) is 3.23. The van der Waals surface area contributed by atoms with Crippen LogP contribution >= 0.6 is 0 Å². The molecule has 0 spiro atoms. The Morgan fingerprint density at radius 1 is 1.29 bits per heavy atom. The summed E-state index contributed by atoms with van der Waals surface area (Å²) in [5.41, 5.74) is 5.51. The summed E-state index contributed by atoms with van der Waals surface area (Å²) in [5.74, 6) is 0. The lowest BCUT2D eigenvalue weighted by molar-refractivity contribution is 0.393. The van der Waals surface area contributed by atoms with Gasteiger partial charge in [-0.1, -0.05) is 31.1 Å². The molecular formula is C17H18N6O. The van der Waals surface area contributed by atoms with Crippen LogP contribution in [-0.4, -0.2) is 30.1 Å². The molecule has 0 saturated carbocycles. The number of hydrogen-bond acceptors (Lipinski definition) is 5. The van der Waals surface area contributed by atoms with E-state index in [1.54, 1.807) is 10.9 Å². The van der Waals surface area contributed by atoms with Crippen LogP contribution in [0.3, 0.4) is 0 Å². The smallest absolute Gasteiger partial charge is 0.129 e. The minimum atomic E-state index is -0.0751. The Labute approximate surface area is 138 Å². The van der Waals surface area contributed by atoms with E-state index in [9.17, 15) is 0 Å². The third-order valence-corrected chi connectivity index (χ3v) is 3.92. The molecule has 4 aromatic rings. The van der Waals surface area contributed by atoms with E-state index >= 15 is 0 Å². The van der Waals surface area contributed by atoms with E-state index in [0.29, 0.717) is 6.54 Å². The molecule has 0 unspecified atom stereocenters. The Morgan fingerprint density at radius 3 is 3.00 bits per heavy atom. The number of hydrogen-bond donors (Lipinski definition) is 1. The zero-order chi connectivity index (χ0) is 16.7. The van der Waals surface area contributed by atoms with Gasteiger partial charge in [0.1, 0.15) is 12.0 Å². The summed E-state index contributed by atoms with van der Waals surface area (Å²) in [6, 6.07) is 3.96. The molecule has 0 radical (unpaired) electrons. The second kappa shape index (κ2) is 5.30. The summed E-state index contributed by atoms with van der Waals surface area (Å²) >= 11 is 0. The van der Waals surface area contributed by atoms with Crippen molar-refractivity contribution in [2.45, 2.75) is 32.7 Å². The fraction of sp³-hybridized carbons (Fsp3) is 0.294.